The first-order chi connectivity index (χ1) is 14.2. The van der Waals surface area contributed by atoms with Crippen LogP contribution in [0.15, 0.2) is 71.7 Å². The van der Waals surface area contributed by atoms with Gasteiger partial charge in [-0.05, 0) is 24.6 Å². The number of hydrogen-bond donors (Lipinski definition) is 0. The predicted octanol–water partition coefficient (Wildman–Crippen LogP) is 6.51. The SMILES string of the molecule is C=CCn1c(SCc2csc(-c3ccccc3C)n2)nnc1-c1cccc(Cl)c1. The molecule has 0 aliphatic rings. The molecule has 0 aliphatic carbocycles. The van der Waals surface area contributed by atoms with Crippen LogP contribution < -0.4 is 0 Å². The van der Waals surface area contributed by atoms with Gasteiger partial charge in [-0.1, -0.05) is 65.8 Å². The molecule has 0 unspecified atom stereocenters. The second kappa shape index (κ2) is 8.95. The summed E-state index contributed by atoms with van der Waals surface area (Å²) in [5, 5.41) is 13.5. The third-order valence-electron chi connectivity index (χ3n) is 4.39. The minimum Gasteiger partial charge on any atom is -0.298 e. The van der Waals surface area contributed by atoms with Crippen molar-refractivity contribution in [2.45, 2.75) is 24.4 Å². The van der Waals surface area contributed by atoms with Gasteiger partial charge in [0.2, 0.25) is 0 Å². The summed E-state index contributed by atoms with van der Waals surface area (Å²) in [6.45, 7) is 6.61. The molecular formula is C22H19ClN4S2. The molecule has 0 spiro atoms. The van der Waals surface area contributed by atoms with Crippen LogP contribution in [0.25, 0.3) is 22.0 Å². The molecule has 4 aromatic rings. The van der Waals surface area contributed by atoms with Gasteiger partial charge in [-0.3, -0.25) is 4.57 Å². The van der Waals surface area contributed by atoms with Crippen molar-refractivity contribution < 1.29 is 0 Å². The van der Waals surface area contributed by atoms with E-state index in [0.29, 0.717) is 11.6 Å². The Morgan fingerprint density at radius 1 is 1.17 bits per heavy atom. The molecule has 4 rings (SSSR count). The van der Waals surface area contributed by atoms with Crippen molar-refractivity contribution in [3.8, 4) is 22.0 Å². The van der Waals surface area contributed by atoms with E-state index in [0.717, 1.165) is 33.0 Å². The van der Waals surface area contributed by atoms with Crippen LogP contribution in [0.3, 0.4) is 0 Å². The molecule has 4 nitrogen and oxygen atoms in total. The number of aromatic nitrogens is 4. The molecule has 0 fully saturated rings. The monoisotopic (exact) mass is 438 g/mol. The maximum Gasteiger partial charge on any atom is 0.192 e. The normalized spacial score (nSPS) is 11.0. The number of thiazole rings is 1. The van der Waals surface area contributed by atoms with E-state index in [1.54, 1.807) is 23.1 Å². The lowest BCUT2D eigenvalue weighted by molar-refractivity contribution is 0.731. The van der Waals surface area contributed by atoms with Crippen LogP contribution in [0.5, 0.6) is 0 Å². The molecule has 0 saturated carbocycles. The number of allylic oxidation sites excluding steroid dienone is 1. The highest BCUT2D eigenvalue weighted by Gasteiger charge is 2.15. The molecule has 0 saturated heterocycles. The number of hydrogen-bond acceptors (Lipinski definition) is 5. The van der Waals surface area contributed by atoms with E-state index < -0.39 is 0 Å². The van der Waals surface area contributed by atoms with Crippen molar-refractivity contribution in [2.24, 2.45) is 0 Å². The molecule has 2 aromatic heterocycles. The Morgan fingerprint density at radius 2 is 2.03 bits per heavy atom. The first kappa shape index (κ1) is 19.9. The summed E-state index contributed by atoms with van der Waals surface area (Å²) in [5.74, 6) is 1.52. The summed E-state index contributed by atoms with van der Waals surface area (Å²) >= 11 is 9.44. The van der Waals surface area contributed by atoms with Gasteiger partial charge in [0.1, 0.15) is 5.01 Å². The van der Waals surface area contributed by atoms with Gasteiger partial charge in [-0.15, -0.1) is 28.1 Å². The van der Waals surface area contributed by atoms with Crippen LogP contribution >= 0.6 is 34.7 Å². The highest BCUT2D eigenvalue weighted by atomic mass is 35.5. The van der Waals surface area contributed by atoms with Gasteiger partial charge < -0.3 is 0 Å². The minimum atomic E-state index is 0.628. The first-order valence-electron chi connectivity index (χ1n) is 9.09. The summed E-state index contributed by atoms with van der Waals surface area (Å²) < 4.78 is 2.05. The summed E-state index contributed by atoms with van der Waals surface area (Å²) in [5.41, 5.74) is 4.40. The van der Waals surface area contributed by atoms with Crippen molar-refractivity contribution in [3.63, 3.8) is 0 Å². The predicted molar refractivity (Wildman–Crippen MR) is 123 cm³/mol. The van der Waals surface area contributed by atoms with E-state index in [9.17, 15) is 0 Å². The highest BCUT2D eigenvalue weighted by molar-refractivity contribution is 7.98. The van der Waals surface area contributed by atoms with E-state index in [-0.39, 0.29) is 0 Å². The van der Waals surface area contributed by atoms with E-state index in [4.69, 9.17) is 16.6 Å². The number of benzene rings is 2. The van der Waals surface area contributed by atoms with Crippen LogP contribution in [-0.2, 0) is 12.3 Å². The Hall–Kier alpha value is -2.41. The zero-order valence-corrected chi connectivity index (χ0v) is 18.3. The summed E-state index contributed by atoms with van der Waals surface area (Å²) in [4.78, 5) is 4.81. The molecule has 7 heteroatoms. The fraction of sp³-hybridized carbons (Fsp3) is 0.136. The molecular weight excluding hydrogens is 420 g/mol. The van der Waals surface area contributed by atoms with Crippen LogP contribution in [-0.4, -0.2) is 19.7 Å². The lowest BCUT2D eigenvalue weighted by Gasteiger charge is -2.07. The average molecular weight is 439 g/mol. The number of nitrogens with zero attached hydrogens (tertiary/aromatic N) is 4. The van der Waals surface area contributed by atoms with E-state index >= 15 is 0 Å². The van der Waals surface area contributed by atoms with E-state index in [2.05, 4.69) is 45.8 Å². The van der Waals surface area contributed by atoms with Gasteiger partial charge in [0.05, 0.1) is 5.69 Å². The molecule has 2 heterocycles. The van der Waals surface area contributed by atoms with Gasteiger partial charge in [-0.25, -0.2) is 4.98 Å². The molecule has 2 aromatic carbocycles. The molecule has 146 valence electrons. The Bertz CT molecular complexity index is 1150. The van der Waals surface area contributed by atoms with Gasteiger partial charge in [-0.2, -0.15) is 0 Å². The lowest BCUT2D eigenvalue weighted by atomic mass is 10.1. The maximum atomic E-state index is 6.15. The molecule has 0 N–H and O–H groups in total. The Labute approximate surface area is 183 Å². The smallest absolute Gasteiger partial charge is 0.192 e. The van der Waals surface area contributed by atoms with Crippen molar-refractivity contribution in [1.29, 1.82) is 0 Å². The fourth-order valence-corrected chi connectivity index (χ4v) is 5.02. The topological polar surface area (TPSA) is 43.6 Å². The van der Waals surface area contributed by atoms with Crippen LogP contribution in [0.4, 0.5) is 0 Å². The van der Waals surface area contributed by atoms with Gasteiger partial charge in [0.15, 0.2) is 11.0 Å². The Morgan fingerprint density at radius 3 is 2.83 bits per heavy atom. The molecule has 0 amide bonds. The Balaban J connectivity index is 1.55. The van der Waals surface area contributed by atoms with E-state index in [1.165, 1.54) is 11.1 Å². The molecule has 0 bridgehead atoms. The number of aryl methyl sites for hydroxylation is 1. The second-order valence-corrected chi connectivity index (χ2v) is 8.70. The van der Waals surface area contributed by atoms with E-state index in [1.807, 2.05) is 42.5 Å². The number of halogens is 1. The summed E-state index contributed by atoms with van der Waals surface area (Å²) in [7, 11) is 0. The van der Waals surface area contributed by atoms with Gasteiger partial charge in [0, 0.05) is 33.8 Å². The zero-order chi connectivity index (χ0) is 20.2. The quantitative estimate of drug-likeness (QED) is 0.243. The molecule has 0 atom stereocenters. The largest absolute Gasteiger partial charge is 0.298 e. The molecule has 0 aliphatic heterocycles. The van der Waals surface area contributed by atoms with Gasteiger partial charge >= 0.3 is 0 Å². The third kappa shape index (κ3) is 4.45. The number of thioether (sulfide) groups is 1. The molecule has 29 heavy (non-hydrogen) atoms. The standard InChI is InChI=1S/C22H19ClN4S2/c1-3-11-27-20(16-8-6-9-17(23)12-16)25-26-22(27)29-14-18-13-28-21(24-18)19-10-5-4-7-15(19)2/h3-10,12-13H,1,11,14H2,2H3. The van der Waals surface area contributed by atoms with Crippen molar-refractivity contribution in [2.75, 3.05) is 0 Å². The fourth-order valence-electron chi connectivity index (χ4n) is 2.98. The van der Waals surface area contributed by atoms with Gasteiger partial charge in [0.25, 0.3) is 0 Å². The highest BCUT2D eigenvalue weighted by Crippen LogP contribution is 2.31. The van der Waals surface area contributed by atoms with Crippen molar-refractivity contribution in [3.05, 3.63) is 82.8 Å². The summed E-state index contributed by atoms with van der Waals surface area (Å²) in [6.07, 6.45) is 1.85. The average Bonchev–Trinajstić information content (AvgIpc) is 3.34. The second-order valence-electron chi connectivity index (χ2n) is 6.46. The minimum absolute atomic E-state index is 0.628. The lowest BCUT2D eigenvalue weighted by Crippen LogP contribution is -2.00. The van der Waals surface area contributed by atoms with Crippen LogP contribution in [0.1, 0.15) is 11.3 Å². The Kier molecular flexibility index (Phi) is 6.13. The van der Waals surface area contributed by atoms with Crippen molar-refractivity contribution >= 4 is 34.7 Å². The summed E-state index contributed by atoms with van der Waals surface area (Å²) in [6, 6.07) is 16.0. The van der Waals surface area contributed by atoms with Crippen LogP contribution in [0.2, 0.25) is 5.02 Å². The third-order valence-corrected chi connectivity index (χ3v) is 6.55. The van der Waals surface area contributed by atoms with Crippen LogP contribution in [0, 0.1) is 6.92 Å². The first-order valence-corrected chi connectivity index (χ1v) is 11.3. The maximum absolute atomic E-state index is 6.15. The van der Waals surface area contributed by atoms with Crippen molar-refractivity contribution in [1.82, 2.24) is 19.7 Å². The molecule has 0 radical (unpaired) electrons. The number of rotatable bonds is 7. The zero-order valence-electron chi connectivity index (χ0n) is 15.9.